The molecule has 1 saturated carbocycles. The van der Waals surface area contributed by atoms with Gasteiger partial charge in [-0.3, -0.25) is 10.1 Å². The number of nitriles is 1. The van der Waals surface area contributed by atoms with E-state index in [1.54, 1.807) is 19.2 Å². The van der Waals surface area contributed by atoms with Crippen LogP contribution in [0.1, 0.15) is 42.4 Å². The minimum Gasteiger partial charge on any atom is -0.474 e. The molecule has 1 fully saturated rings. The number of nitrogens with one attached hydrogen (secondary N) is 1. The van der Waals surface area contributed by atoms with Gasteiger partial charge in [0.1, 0.15) is 6.10 Å². The minimum absolute atomic E-state index is 0.0693. The molecule has 0 radical (unpaired) electrons. The van der Waals surface area contributed by atoms with E-state index in [0.717, 1.165) is 18.4 Å². The molecule has 1 aliphatic rings. The second-order valence-electron chi connectivity index (χ2n) is 6.38. The van der Waals surface area contributed by atoms with Crippen molar-refractivity contribution in [3.63, 3.8) is 0 Å². The van der Waals surface area contributed by atoms with Gasteiger partial charge in [0.25, 0.3) is 5.69 Å². The molecule has 26 heavy (non-hydrogen) atoms. The summed E-state index contributed by atoms with van der Waals surface area (Å²) in [5.74, 6) is 0.593. The summed E-state index contributed by atoms with van der Waals surface area (Å²) in [6.45, 7) is 2.07. The zero-order chi connectivity index (χ0) is 18.5. The fourth-order valence-electron chi connectivity index (χ4n) is 3.16. The van der Waals surface area contributed by atoms with E-state index in [4.69, 9.17) is 10.00 Å². The third kappa shape index (κ3) is 3.91. The van der Waals surface area contributed by atoms with Crippen LogP contribution in [0.15, 0.2) is 30.5 Å². The molecular weight excluding hydrogens is 332 g/mol. The number of nitro benzene ring substituents is 1. The van der Waals surface area contributed by atoms with Gasteiger partial charge in [0.05, 0.1) is 16.6 Å². The lowest BCUT2D eigenvalue weighted by atomic mass is 10.1. The van der Waals surface area contributed by atoms with E-state index in [1.807, 2.05) is 18.2 Å². The second-order valence-corrected chi connectivity index (χ2v) is 6.38. The summed E-state index contributed by atoms with van der Waals surface area (Å²) in [6, 6.07) is 8.63. The van der Waals surface area contributed by atoms with Crippen LogP contribution in [0.5, 0.6) is 5.88 Å². The molecule has 0 saturated heterocycles. The maximum Gasteiger partial charge on any atom is 0.275 e. The molecule has 0 aliphatic heterocycles. The molecule has 2 aromatic rings. The Bertz CT molecular complexity index is 854. The Morgan fingerprint density at radius 2 is 2.19 bits per heavy atom. The topological polar surface area (TPSA) is 101 Å². The number of hydrogen-bond acceptors (Lipinski definition) is 6. The van der Waals surface area contributed by atoms with Gasteiger partial charge in [-0.1, -0.05) is 6.07 Å². The van der Waals surface area contributed by atoms with Crippen molar-refractivity contribution in [2.24, 2.45) is 0 Å². The summed E-state index contributed by atoms with van der Waals surface area (Å²) in [5.41, 5.74) is 2.12. The highest BCUT2D eigenvalue weighted by Crippen LogP contribution is 2.29. The van der Waals surface area contributed by atoms with Gasteiger partial charge in [0.15, 0.2) is 0 Å². The predicted octanol–water partition coefficient (Wildman–Crippen LogP) is 4.10. The molecule has 0 bridgehead atoms. The molecule has 1 N–H and O–H groups in total. The van der Waals surface area contributed by atoms with E-state index >= 15 is 0 Å². The zero-order valence-electron chi connectivity index (χ0n) is 14.6. The van der Waals surface area contributed by atoms with Crippen molar-refractivity contribution in [1.82, 2.24) is 4.98 Å². The first-order chi connectivity index (χ1) is 12.6. The van der Waals surface area contributed by atoms with E-state index in [2.05, 4.69) is 10.3 Å². The lowest BCUT2D eigenvalue weighted by Gasteiger charge is -2.16. The molecule has 7 heteroatoms. The molecule has 0 spiro atoms. The number of ether oxygens (including phenoxy) is 1. The van der Waals surface area contributed by atoms with Crippen molar-refractivity contribution in [2.75, 3.05) is 5.32 Å². The van der Waals surface area contributed by atoms with Gasteiger partial charge in [0, 0.05) is 35.6 Å². The molecule has 0 amide bonds. The number of anilines is 1. The smallest absolute Gasteiger partial charge is 0.275 e. The number of rotatable bonds is 6. The molecule has 1 aromatic heterocycles. The molecule has 3 rings (SSSR count). The summed E-state index contributed by atoms with van der Waals surface area (Å²) >= 11 is 0. The number of benzene rings is 1. The lowest BCUT2D eigenvalue weighted by molar-refractivity contribution is -0.385. The average molecular weight is 352 g/mol. The SMILES string of the molecule is Cc1c(NCc2cccnc2OC2CCCC2)cc(C#N)cc1[N+](=O)[O-]. The average Bonchev–Trinajstić information content (AvgIpc) is 3.14. The highest BCUT2D eigenvalue weighted by Gasteiger charge is 2.19. The van der Waals surface area contributed by atoms with E-state index < -0.39 is 4.92 Å². The maximum atomic E-state index is 11.2. The summed E-state index contributed by atoms with van der Waals surface area (Å²) in [7, 11) is 0. The molecule has 0 unspecified atom stereocenters. The van der Waals surface area contributed by atoms with E-state index in [-0.39, 0.29) is 17.4 Å². The fraction of sp³-hybridized carbons (Fsp3) is 0.368. The quantitative estimate of drug-likeness (QED) is 0.620. The molecule has 0 atom stereocenters. The van der Waals surface area contributed by atoms with Crippen molar-refractivity contribution in [3.05, 3.63) is 57.3 Å². The van der Waals surface area contributed by atoms with E-state index in [9.17, 15) is 10.1 Å². The third-order valence-electron chi connectivity index (χ3n) is 4.61. The summed E-state index contributed by atoms with van der Waals surface area (Å²) < 4.78 is 6.02. The van der Waals surface area contributed by atoms with Gasteiger partial charge >= 0.3 is 0 Å². The molecular formula is C19H20N4O3. The minimum atomic E-state index is -0.472. The molecule has 1 heterocycles. The largest absolute Gasteiger partial charge is 0.474 e. The summed E-state index contributed by atoms with van der Waals surface area (Å²) in [4.78, 5) is 15.1. The Morgan fingerprint density at radius 3 is 2.88 bits per heavy atom. The molecule has 1 aromatic carbocycles. The maximum absolute atomic E-state index is 11.2. The Labute approximate surface area is 151 Å². The van der Waals surface area contributed by atoms with Gasteiger partial charge < -0.3 is 10.1 Å². The molecule has 7 nitrogen and oxygen atoms in total. The van der Waals surface area contributed by atoms with E-state index in [1.165, 1.54) is 18.9 Å². The normalized spacial score (nSPS) is 14.0. The predicted molar refractivity (Wildman–Crippen MR) is 97.0 cm³/mol. The van der Waals surface area contributed by atoms with Crippen LogP contribution in [0.3, 0.4) is 0 Å². The van der Waals surface area contributed by atoms with Gasteiger partial charge in [-0.05, 0) is 44.7 Å². The Balaban J connectivity index is 1.80. The number of hydrogen-bond donors (Lipinski definition) is 1. The Morgan fingerprint density at radius 1 is 1.42 bits per heavy atom. The van der Waals surface area contributed by atoms with Crippen LogP contribution < -0.4 is 10.1 Å². The zero-order valence-corrected chi connectivity index (χ0v) is 14.6. The number of nitro groups is 1. The van der Waals surface area contributed by atoms with Gasteiger partial charge in [-0.25, -0.2) is 4.98 Å². The second kappa shape index (κ2) is 7.83. The van der Waals surface area contributed by atoms with E-state index in [0.29, 0.717) is 23.7 Å². The van der Waals surface area contributed by atoms with Crippen LogP contribution in [0, 0.1) is 28.4 Å². The van der Waals surface area contributed by atoms with Crippen LogP contribution in [0.25, 0.3) is 0 Å². The van der Waals surface area contributed by atoms with Crippen molar-refractivity contribution in [3.8, 4) is 11.9 Å². The summed E-state index contributed by atoms with van der Waals surface area (Å²) in [5, 5.41) is 23.5. The van der Waals surface area contributed by atoms with Crippen molar-refractivity contribution in [1.29, 1.82) is 5.26 Å². The van der Waals surface area contributed by atoms with Crippen LogP contribution in [0.2, 0.25) is 0 Å². The van der Waals surface area contributed by atoms with Crippen molar-refractivity contribution in [2.45, 2.75) is 45.3 Å². The standard InChI is InChI=1S/C19H20N4O3/c1-13-17(9-14(11-20)10-18(13)23(24)25)22-12-15-5-4-8-21-19(15)26-16-6-2-3-7-16/h4-5,8-10,16,22H,2-3,6-7,12H2,1H3. The first-order valence-corrected chi connectivity index (χ1v) is 8.62. The van der Waals surface area contributed by atoms with Crippen LogP contribution in [0.4, 0.5) is 11.4 Å². The Hall–Kier alpha value is -3.14. The summed E-state index contributed by atoms with van der Waals surface area (Å²) in [6.07, 6.45) is 6.33. The first-order valence-electron chi connectivity index (χ1n) is 8.62. The van der Waals surface area contributed by atoms with Gasteiger partial charge in [0.2, 0.25) is 5.88 Å². The first kappa shape index (κ1) is 17.7. The molecule has 1 aliphatic carbocycles. The van der Waals surface area contributed by atoms with Crippen LogP contribution >= 0.6 is 0 Å². The van der Waals surface area contributed by atoms with Crippen molar-refractivity contribution < 1.29 is 9.66 Å². The van der Waals surface area contributed by atoms with Crippen LogP contribution in [-0.4, -0.2) is 16.0 Å². The highest BCUT2D eigenvalue weighted by molar-refractivity contribution is 5.64. The van der Waals surface area contributed by atoms with Crippen LogP contribution in [-0.2, 0) is 6.54 Å². The number of aromatic nitrogens is 1. The fourth-order valence-corrected chi connectivity index (χ4v) is 3.16. The third-order valence-corrected chi connectivity index (χ3v) is 4.61. The monoisotopic (exact) mass is 352 g/mol. The number of nitrogens with zero attached hydrogens (tertiary/aromatic N) is 3. The number of pyridine rings is 1. The highest BCUT2D eigenvalue weighted by atomic mass is 16.6. The van der Waals surface area contributed by atoms with Gasteiger partial charge in [-0.15, -0.1) is 0 Å². The van der Waals surface area contributed by atoms with Gasteiger partial charge in [-0.2, -0.15) is 5.26 Å². The lowest BCUT2D eigenvalue weighted by Crippen LogP contribution is -2.14. The Kier molecular flexibility index (Phi) is 5.32. The molecule has 134 valence electrons. The van der Waals surface area contributed by atoms with Crippen molar-refractivity contribution >= 4 is 11.4 Å².